The van der Waals surface area contributed by atoms with Gasteiger partial charge in [0.25, 0.3) is 0 Å². The molecule has 0 spiro atoms. The van der Waals surface area contributed by atoms with Gasteiger partial charge in [0.1, 0.15) is 0 Å². The van der Waals surface area contributed by atoms with Crippen molar-refractivity contribution in [1.82, 2.24) is 0 Å². The maximum atomic E-state index is 12.0. The third kappa shape index (κ3) is 14.3. The first-order valence-electron chi connectivity index (χ1n) is 8.75. The van der Waals surface area contributed by atoms with Gasteiger partial charge in [-0.2, -0.15) is 0 Å². The normalized spacial score (nSPS) is 11.1. The van der Waals surface area contributed by atoms with E-state index in [1.165, 1.54) is 40.2 Å². The molecule has 0 aliphatic carbocycles. The van der Waals surface area contributed by atoms with Crippen molar-refractivity contribution < 1.29 is 23.6 Å². The molecule has 0 heterocycles. The molecule has 6 nitrogen and oxygen atoms in total. The number of hydrogen-bond acceptors (Lipinski definition) is 9. The summed E-state index contributed by atoms with van der Waals surface area (Å²) in [5.74, 6) is 1.49. The van der Waals surface area contributed by atoms with E-state index in [2.05, 4.69) is 0 Å². The number of rotatable bonds is 15. The standard InChI is InChI=1S/3C5H10O2S.CH3.Sn/c3*1-2-3-8-4-5(6)7;;/h3*2-4H2,1H3,(H,6,7);1H3;/q;;;;+3/p-3. The van der Waals surface area contributed by atoms with Crippen molar-refractivity contribution in [2.75, 3.05) is 34.5 Å². The molecule has 0 saturated carbocycles. The van der Waals surface area contributed by atoms with Crippen LogP contribution in [0.4, 0.5) is 0 Å². The summed E-state index contributed by atoms with van der Waals surface area (Å²) in [6, 6.07) is 0. The summed E-state index contributed by atoms with van der Waals surface area (Å²) in [5.41, 5.74) is 0. The molecule has 0 atom stereocenters. The molecule has 0 aromatic carbocycles. The Labute approximate surface area is 175 Å². The monoisotopic (exact) mass is 534 g/mol. The second kappa shape index (κ2) is 16.2. The van der Waals surface area contributed by atoms with Crippen LogP contribution in [0.1, 0.15) is 40.0 Å². The van der Waals surface area contributed by atoms with E-state index >= 15 is 0 Å². The molecule has 0 aliphatic rings. The Morgan fingerprint density at radius 2 is 0.923 bits per heavy atom. The van der Waals surface area contributed by atoms with Crippen LogP contribution < -0.4 is 0 Å². The van der Waals surface area contributed by atoms with Crippen LogP contribution in [0.5, 0.6) is 0 Å². The number of hydrogen-bond donors (Lipinski definition) is 0. The zero-order chi connectivity index (χ0) is 19.8. The van der Waals surface area contributed by atoms with Gasteiger partial charge >= 0.3 is 176 Å². The molecule has 0 saturated heterocycles. The zero-order valence-corrected chi connectivity index (χ0v) is 21.3. The van der Waals surface area contributed by atoms with Crippen molar-refractivity contribution in [2.45, 2.75) is 45.0 Å². The molecule has 0 aliphatic heterocycles. The Bertz CT molecular complexity index is 376. The van der Waals surface area contributed by atoms with Crippen LogP contribution in [0.25, 0.3) is 0 Å². The van der Waals surface area contributed by atoms with E-state index in [9.17, 15) is 14.4 Å². The third-order valence-corrected chi connectivity index (χ3v) is 11.1. The second-order valence-corrected chi connectivity index (χ2v) is 15.4. The van der Waals surface area contributed by atoms with Crippen LogP contribution in [-0.2, 0) is 23.6 Å². The molecule has 26 heavy (non-hydrogen) atoms. The first-order valence-corrected chi connectivity index (χ1v) is 18.6. The molecule has 0 fully saturated rings. The Morgan fingerprint density at radius 3 is 1.15 bits per heavy atom. The number of thioether (sulfide) groups is 3. The Balaban J connectivity index is 4.74. The van der Waals surface area contributed by atoms with E-state index in [0.29, 0.717) is 0 Å². The summed E-state index contributed by atoms with van der Waals surface area (Å²) >= 11 is -0.237. The van der Waals surface area contributed by atoms with Crippen molar-refractivity contribution in [3.8, 4) is 0 Å². The van der Waals surface area contributed by atoms with Gasteiger partial charge in [0.2, 0.25) is 0 Å². The van der Waals surface area contributed by atoms with Crippen LogP contribution in [0.15, 0.2) is 0 Å². The van der Waals surface area contributed by atoms with E-state index in [-0.39, 0.29) is 17.3 Å². The quantitative estimate of drug-likeness (QED) is 0.232. The Hall–Kier alpha value is 0.259. The van der Waals surface area contributed by atoms with Crippen molar-refractivity contribution in [1.29, 1.82) is 0 Å². The molecular weight excluding hydrogens is 503 g/mol. The van der Waals surface area contributed by atoms with Gasteiger partial charge in [-0.3, -0.25) is 0 Å². The summed E-state index contributed by atoms with van der Waals surface area (Å²) in [6.45, 7) is 6.06. The van der Waals surface area contributed by atoms with Crippen LogP contribution in [0.2, 0.25) is 4.94 Å². The van der Waals surface area contributed by atoms with Crippen LogP contribution >= 0.6 is 35.3 Å². The molecule has 0 radical (unpaired) electrons. The summed E-state index contributed by atoms with van der Waals surface area (Å²) in [7, 11) is 0. The first-order chi connectivity index (χ1) is 12.4. The van der Waals surface area contributed by atoms with Gasteiger partial charge in [-0.1, -0.05) is 0 Å². The molecular formula is C16H30O6S3Sn. The fourth-order valence-corrected chi connectivity index (χ4v) is 9.06. The van der Waals surface area contributed by atoms with E-state index < -0.39 is 37.5 Å². The zero-order valence-electron chi connectivity index (χ0n) is 16.0. The third-order valence-electron chi connectivity index (χ3n) is 2.60. The van der Waals surface area contributed by atoms with Gasteiger partial charge in [-0.15, -0.1) is 0 Å². The molecule has 0 bridgehead atoms. The predicted octanol–water partition coefficient (Wildman–Crippen LogP) is 3.61. The summed E-state index contributed by atoms with van der Waals surface area (Å²) in [5, 5.41) is 0. The molecule has 0 amide bonds. The fraction of sp³-hybridized carbons (Fsp3) is 0.812. The Kier molecular flexibility index (Phi) is 16.4. The van der Waals surface area contributed by atoms with Gasteiger partial charge in [0.15, 0.2) is 0 Å². The van der Waals surface area contributed by atoms with E-state index in [1.807, 2.05) is 20.8 Å². The van der Waals surface area contributed by atoms with Gasteiger partial charge in [-0.25, -0.2) is 0 Å². The molecule has 0 unspecified atom stereocenters. The first kappa shape index (κ1) is 26.3. The minimum atomic E-state index is -4.57. The molecule has 0 N–H and O–H groups in total. The molecule has 10 heteroatoms. The van der Waals surface area contributed by atoms with Crippen molar-refractivity contribution in [3.05, 3.63) is 0 Å². The molecule has 0 rings (SSSR count). The SMILES string of the molecule is CCCSCC(=O)[O][Sn]([CH3])([O]C(=O)CSCCC)[O]C(=O)CSCCC. The van der Waals surface area contributed by atoms with Crippen molar-refractivity contribution in [3.63, 3.8) is 0 Å². The van der Waals surface area contributed by atoms with Crippen LogP contribution in [0, 0.1) is 0 Å². The number of carbonyl (C=O) groups is 3. The van der Waals surface area contributed by atoms with Crippen LogP contribution in [-0.4, -0.2) is 72.0 Å². The number of carbonyl (C=O) groups excluding carboxylic acids is 3. The van der Waals surface area contributed by atoms with E-state index in [4.69, 9.17) is 9.22 Å². The summed E-state index contributed by atoms with van der Waals surface area (Å²) < 4.78 is 16.2. The molecule has 0 aromatic heterocycles. The van der Waals surface area contributed by atoms with Gasteiger partial charge < -0.3 is 0 Å². The average molecular weight is 533 g/mol. The van der Waals surface area contributed by atoms with Crippen molar-refractivity contribution >= 4 is 72.8 Å². The average Bonchev–Trinajstić information content (AvgIpc) is 2.55. The Morgan fingerprint density at radius 1 is 0.654 bits per heavy atom. The van der Waals surface area contributed by atoms with Crippen molar-refractivity contribution in [2.24, 2.45) is 0 Å². The van der Waals surface area contributed by atoms with Gasteiger partial charge in [0, 0.05) is 0 Å². The van der Waals surface area contributed by atoms with Crippen LogP contribution in [0.3, 0.4) is 0 Å². The predicted molar refractivity (Wildman–Crippen MR) is 113 cm³/mol. The summed E-state index contributed by atoms with van der Waals surface area (Å²) in [6.07, 6.45) is 2.85. The van der Waals surface area contributed by atoms with E-state index in [1.54, 1.807) is 0 Å². The van der Waals surface area contributed by atoms with Gasteiger partial charge in [0.05, 0.1) is 0 Å². The fourth-order valence-electron chi connectivity index (χ4n) is 1.67. The maximum absolute atomic E-state index is 12.0. The topological polar surface area (TPSA) is 78.9 Å². The summed E-state index contributed by atoms with van der Waals surface area (Å²) in [4.78, 5) is 37.6. The second-order valence-electron chi connectivity index (χ2n) is 5.44. The minimum absolute atomic E-state index is 0.157. The molecule has 152 valence electrons. The van der Waals surface area contributed by atoms with Gasteiger partial charge in [-0.05, 0) is 0 Å². The molecule has 0 aromatic rings. The van der Waals surface area contributed by atoms with E-state index in [0.717, 1.165) is 36.5 Å².